The van der Waals surface area contributed by atoms with Gasteiger partial charge in [-0.15, -0.1) is 0 Å². The van der Waals surface area contributed by atoms with Gasteiger partial charge in [-0.2, -0.15) is 0 Å². The molecule has 0 aromatic heterocycles. The topological polar surface area (TPSA) is 69.4 Å². The molecule has 0 bridgehead atoms. The molecular weight excluding hydrogens is 345 g/mol. The molecular formula is C14H9BrFNO4. The van der Waals surface area contributed by atoms with E-state index in [1.54, 1.807) is 0 Å². The van der Waals surface area contributed by atoms with Crippen molar-refractivity contribution >= 4 is 27.4 Å². The molecule has 108 valence electrons. The number of ether oxygens (including phenoxy) is 1. The number of nitrogens with zero attached hydrogens (tertiary/aromatic N) is 1. The van der Waals surface area contributed by atoms with E-state index >= 15 is 0 Å². The summed E-state index contributed by atoms with van der Waals surface area (Å²) >= 11 is 3.00. The fraction of sp³-hybridized carbons (Fsp3) is 0.0714. The van der Waals surface area contributed by atoms with Gasteiger partial charge in [0.15, 0.2) is 5.78 Å². The molecule has 21 heavy (non-hydrogen) atoms. The fourth-order valence-corrected chi connectivity index (χ4v) is 1.88. The highest BCUT2D eigenvalue weighted by Gasteiger charge is 2.18. The molecule has 0 fully saturated rings. The minimum Gasteiger partial charge on any atom is -0.450 e. The summed E-state index contributed by atoms with van der Waals surface area (Å²) in [5.74, 6) is -0.782. The maximum absolute atomic E-state index is 13.4. The van der Waals surface area contributed by atoms with E-state index in [-0.39, 0.29) is 33.0 Å². The average Bonchev–Trinajstić information content (AvgIpc) is 2.43. The zero-order chi connectivity index (χ0) is 15.6. The van der Waals surface area contributed by atoms with Crippen molar-refractivity contribution < 1.29 is 18.8 Å². The third kappa shape index (κ3) is 3.43. The largest absolute Gasteiger partial charge is 0.450 e. The minimum absolute atomic E-state index is 0.0632. The van der Waals surface area contributed by atoms with E-state index in [0.29, 0.717) is 0 Å². The third-order valence-corrected chi connectivity index (χ3v) is 3.32. The smallest absolute Gasteiger partial charge is 0.312 e. The van der Waals surface area contributed by atoms with Crippen LogP contribution in [0.4, 0.5) is 10.1 Å². The Morgan fingerprint density at radius 2 is 2.00 bits per heavy atom. The first kappa shape index (κ1) is 15.1. The van der Waals surface area contributed by atoms with Crippen molar-refractivity contribution in [3.05, 3.63) is 62.4 Å². The van der Waals surface area contributed by atoms with Crippen LogP contribution in [-0.2, 0) is 0 Å². The molecule has 2 rings (SSSR count). The van der Waals surface area contributed by atoms with Gasteiger partial charge in [-0.3, -0.25) is 14.9 Å². The molecule has 0 saturated heterocycles. The van der Waals surface area contributed by atoms with Crippen LogP contribution in [0, 0.1) is 15.9 Å². The van der Waals surface area contributed by atoms with Crippen molar-refractivity contribution in [1.82, 2.24) is 0 Å². The standard InChI is InChI=1S/C14H9BrFNO4/c1-8(18)9-2-5-14(13(6-9)17(19)20)21-10-3-4-11(15)12(16)7-10/h2-7H,1H3. The van der Waals surface area contributed by atoms with Crippen LogP contribution in [0.1, 0.15) is 17.3 Å². The number of nitro benzene ring substituents is 1. The van der Waals surface area contributed by atoms with Gasteiger partial charge in [0.05, 0.1) is 9.40 Å². The lowest BCUT2D eigenvalue weighted by atomic mass is 10.1. The summed E-state index contributed by atoms with van der Waals surface area (Å²) in [7, 11) is 0. The first-order valence-electron chi connectivity index (χ1n) is 5.81. The van der Waals surface area contributed by atoms with Crippen molar-refractivity contribution in [2.24, 2.45) is 0 Å². The van der Waals surface area contributed by atoms with Crippen LogP contribution in [0.25, 0.3) is 0 Å². The van der Waals surface area contributed by atoms with E-state index in [4.69, 9.17) is 4.74 Å². The number of ketones is 1. The molecule has 0 aliphatic carbocycles. The maximum Gasteiger partial charge on any atom is 0.312 e. The molecule has 2 aromatic carbocycles. The minimum atomic E-state index is -0.656. The van der Waals surface area contributed by atoms with Gasteiger partial charge in [-0.25, -0.2) is 4.39 Å². The first-order chi connectivity index (χ1) is 9.88. The normalized spacial score (nSPS) is 10.2. The van der Waals surface area contributed by atoms with Crippen LogP contribution in [0.15, 0.2) is 40.9 Å². The molecule has 0 aliphatic heterocycles. The van der Waals surface area contributed by atoms with E-state index in [9.17, 15) is 19.3 Å². The molecule has 0 unspecified atom stereocenters. The number of rotatable bonds is 4. The monoisotopic (exact) mass is 353 g/mol. The second-order valence-electron chi connectivity index (χ2n) is 4.17. The van der Waals surface area contributed by atoms with Gasteiger partial charge < -0.3 is 4.74 Å². The zero-order valence-corrected chi connectivity index (χ0v) is 12.4. The summed E-state index contributed by atoms with van der Waals surface area (Å²) in [6.07, 6.45) is 0. The Balaban J connectivity index is 2.41. The predicted molar refractivity (Wildman–Crippen MR) is 77.3 cm³/mol. The zero-order valence-electron chi connectivity index (χ0n) is 10.8. The number of carbonyl (C=O) groups is 1. The lowest BCUT2D eigenvalue weighted by Gasteiger charge is -2.07. The number of nitro groups is 1. The highest BCUT2D eigenvalue weighted by molar-refractivity contribution is 9.10. The summed E-state index contributed by atoms with van der Waals surface area (Å²) in [6.45, 7) is 1.31. The molecule has 5 nitrogen and oxygen atoms in total. The summed E-state index contributed by atoms with van der Waals surface area (Å²) in [4.78, 5) is 21.6. The molecule has 0 amide bonds. The van der Waals surface area contributed by atoms with E-state index in [1.165, 1.54) is 31.2 Å². The number of hydrogen-bond acceptors (Lipinski definition) is 4. The van der Waals surface area contributed by atoms with Crippen LogP contribution >= 0.6 is 15.9 Å². The van der Waals surface area contributed by atoms with Crippen molar-refractivity contribution in [3.63, 3.8) is 0 Å². The number of hydrogen-bond donors (Lipinski definition) is 0. The van der Waals surface area contributed by atoms with Crippen LogP contribution in [-0.4, -0.2) is 10.7 Å². The van der Waals surface area contributed by atoms with Crippen LogP contribution < -0.4 is 4.74 Å². The molecule has 0 heterocycles. The third-order valence-electron chi connectivity index (χ3n) is 2.68. The highest BCUT2D eigenvalue weighted by atomic mass is 79.9. The Morgan fingerprint density at radius 1 is 1.29 bits per heavy atom. The molecule has 2 aromatic rings. The molecule has 0 saturated carbocycles. The Bertz CT molecular complexity index is 733. The highest BCUT2D eigenvalue weighted by Crippen LogP contribution is 2.33. The second kappa shape index (κ2) is 6.01. The lowest BCUT2D eigenvalue weighted by molar-refractivity contribution is -0.385. The van der Waals surface area contributed by atoms with E-state index in [0.717, 1.165) is 12.1 Å². The molecule has 0 radical (unpaired) electrons. The van der Waals surface area contributed by atoms with Crippen molar-refractivity contribution in [3.8, 4) is 11.5 Å². The number of benzene rings is 2. The summed E-state index contributed by atoms with van der Waals surface area (Å²) < 4.78 is 19.0. The number of Topliss-reactive ketones (excluding diaryl/α,β-unsaturated/α-hetero) is 1. The lowest BCUT2D eigenvalue weighted by Crippen LogP contribution is -1.98. The fourth-order valence-electron chi connectivity index (χ4n) is 1.63. The average molecular weight is 354 g/mol. The molecule has 0 atom stereocenters. The number of halogens is 2. The molecule has 0 spiro atoms. The van der Waals surface area contributed by atoms with E-state index < -0.39 is 10.7 Å². The van der Waals surface area contributed by atoms with Crippen molar-refractivity contribution in [2.45, 2.75) is 6.92 Å². The van der Waals surface area contributed by atoms with Crippen molar-refractivity contribution in [1.29, 1.82) is 0 Å². The predicted octanol–water partition coefficient (Wildman–Crippen LogP) is 4.49. The van der Waals surface area contributed by atoms with Gasteiger partial charge in [0.25, 0.3) is 0 Å². The summed E-state index contributed by atoms with van der Waals surface area (Å²) in [6, 6.07) is 7.87. The molecule has 0 aliphatic rings. The van der Waals surface area contributed by atoms with E-state index in [2.05, 4.69) is 15.9 Å². The Labute approximate surface area is 127 Å². The molecule has 7 heteroatoms. The van der Waals surface area contributed by atoms with Crippen LogP contribution in [0.5, 0.6) is 11.5 Å². The summed E-state index contributed by atoms with van der Waals surface area (Å²) in [5, 5.41) is 11.0. The van der Waals surface area contributed by atoms with Crippen LogP contribution in [0.3, 0.4) is 0 Å². The SMILES string of the molecule is CC(=O)c1ccc(Oc2ccc(Br)c(F)c2)c([N+](=O)[O-])c1. The number of carbonyl (C=O) groups excluding carboxylic acids is 1. The Morgan fingerprint density at radius 3 is 2.57 bits per heavy atom. The maximum atomic E-state index is 13.4. The second-order valence-corrected chi connectivity index (χ2v) is 5.03. The van der Waals surface area contributed by atoms with Crippen LogP contribution in [0.2, 0.25) is 0 Å². The van der Waals surface area contributed by atoms with Gasteiger partial charge in [0.2, 0.25) is 5.75 Å². The van der Waals surface area contributed by atoms with Gasteiger partial charge in [-0.05, 0) is 47.1 Å². The van der Waals surface area contributed by atoms with Crippen molar-refractivity contribution in [2.75, 3.05) is 0 Å². The van der Waals surface area contributed by atoms with Gasteiger partial charge >= 0.3 is 5.69 Å². The first-order valence-corrected chi connectivity index (χ1v) is 6.60. The Hall–Kier alpha value is -2.28. The van der Waals surface area contributed by atoms with Gasteiger partial charge in [-0.1, -0.05) is 0 Å². The molecule has 0 N–H and O–H groups in total. The van der Waals surface area contributed by atoms with Gasteiger partial charge in [0, 0.05) is 17.7 Å². The quantitative estimate of drug-likeness (QED) is 0.461. The van der Waals surface area contributed by atoms with E-state index in [1.807, 2.05) is 0 Å². The van der Waals surface area contributed by atoms with Gasteiger partial charge in [0.1, 0.15) is 11.6 Å². The Kier molecular flexibility index (Phi) is 4.32. The summed E-state index contributed by atoms with van der Waals surface area (Å²) in [5.41, 5.74) is -0.151.